The number of halogens is 4. The number of benzene rings is 4. The molecule has 12 nitrogen and oxygen atoms in total. The number of nitrogens with zero attached hydrogens (tertiary/aromatic N) is 9. The monoisotopic (exact) mass is 800 g/mol. The zero-order valence-electron chi connectivity index (χ0n) is 27.9. The summed E-state index contributed by atoms with van der Waals surface area (Å²) in [4.78, 5) is 16.8. The van der Waals surface area contributed by atoms with Gasteiger partial charge in [-0.3, -0.25) is 0 Å². The minimum Gasteiger partial charge on any atom is -0.389 e. The van der Waals surface area contributed by atoms with Gasteiger partial charge in [0.15, 0.2) is 11.2 Å². The fourth-order valence-corrected chi connectivity index (χ4v) is 8.04. The molecule has 0 aliphatic heterocycles. The molecule has 4 aromatic heterocycles. The Labute approximate surface area is 321 Å². The van der Waals surface area contributed by atoms with Gasteiger partial charge in [-0.05, 0) is 60.7 Å². The maximum atomic E-state index is 14.6. The van der Waals surface area contributed by atoms with E-state index in [-0.39, 0.29) is 39.2 Å². The molecule has 0 radical (unpaired) electrons. The Bertz CT molecular complexity index is 2720. The van der Waals surface area contributed by atoms with Crippen molar-refractivity contribution in [2.75, 3.05) is 0 Å². The summed E-state index contributed by atoms with van der Waals surface area (Å²) in [6.07, 6.45) is 5.37. The van der Waals surface area contributed by atoms with Crippen molar-refractivity contribution in [2.24, 2.45) is 5.73 Å². The van der Waals surface area contributed by atoms with E-state index in [1.807, 2.05) is 6.07 Å². The molecule has 0 spiro atoms. The number of hydrogen-bond donors (Lipinski definition) is 3. The summed E-state index contributed by atoms with van der Waals surface area (Å²) in [5.74, 6) is -3.27. The van der Waals surface area contributed by atoms with Crippen LogP contribution in [0.25, 0.3) is 20.4 Å². The van der Waals surface area contributed by atoms with Crippen LogP contribution in [0.15, 0.2) is 98.1 Å². The van der Waals surface area contributed by atoms with Crippen LogP contribution in [0.1, 0.15) is 32.3 Å². The smallest absolute Gasteiger partial charge is 0.163 e. The van der Waals surface area contributed by atoms with Crippen molar-refractivity contribution in [2.45, 2.75) is 24.3 Å². The number of nitriles is 1. The Kier molecular flexibility index (Phi) is 10.2. The van der Waals surface area contributed by atoms with E-state index >= 15 is 0 Å². The zero-order chi connectivity index (χ0) is 38.9. The quantitative estimate of drug-likeness (QED) is 0.120. The summed E-state index contributed by atoms with van der Waals surface area (Å²) in [6.45, 7) is -0.321. The lowest BCUT2D eigenvalue weighted by Crippen LogP contribution is -2.34. The van der Waals surface area contributed by atoms with Crippen LogP contribution < -0.4 is 5.73 Å². The molecule has 0 aliphatic carbocycles. The maximum absolute atomic E-state index is 14.6. The highest BCUT2D eigenvalue weighted by Gasteiger charge is 2.40. The lowest BCUT2D eigenvalue weighted by molar-refractivity contribution is 0.0530. The van der Waals surface area contributed by atoms with Crippen LogP contribution in [-0.4, -0.2) is 54.7 Å². The van der Waals surface area contributed by atoms with Gasteiger partial charge in [-0.1, -0.05) is 12.2 Å². The standard InChI is InChI=1S/C18H13F2N5OS2.C18H11F2N5OS/c19-11-2-3-12(13(20)6-11)18(26,7-25-9-22-8-23-25)17-24-14-4-1-10(16(21)27)5-15(14)28-17;19-12-2-3-13(14(20)6-12)18(26,8-25-10-22-9-23-25)17-24-15-4-1-11(7-21)5-16(15)27-17/h1-6,8-9,26H,7H2,(H2,21,27);1-6,9-10,26H,8H2. The summed E-state index contributed by atoms with van der Waals surface area (Å²) >= 11 is 7.29. The summed E-state index contributed by atoms with van der Waals surface area (Å²) in [5.41, 5.74) is 3.91. The van der Waals surface area contributed by atoms with E-state index in [2.05, 4.69) is 30.1 Å². The van der Waals surface area contributed by atoms with Gasteiger partial charge in [0.25, 0.3) is 0 Å². The highest BCUT2D eigenvalue weighted by atomic mass is 32.1. The van der Waals surface area contributed by atoms with E-state index in [0.717, 1.165) is 34.2 Å². The van der Waals surface area contributed by atoms with Gasteiger partial charge < -0.3 is 15.9 Å². The van der Waals surface area contributed by atoms with Crippen LogP contribution in [0, 0.1) is 34.6 Å². The van der Waals surface area contributed by atoms with Crippen LogP contribution in [0.4, 0.5) is 17.6 Å². The normalized spacial score (nSPS) is 13.5. The predicted molar refractivity (Wildman–Crippen MR) is 199 cm³/mol. The van der Waals surface area contributed by atoms with E-state index in [1.54, 1.807) is 36.4 Å². The molecule has 4 N–H and O–H groups in total. The third-order valence-electron chi connectivity index (χ3n) is 8.37. The average Bonchev–Trinajstić information content (AvgIpc) is 3.99. The molecule has 2 unspecified atom stereocenters. The van der Waals surface area contributed by atoms with Gasteiger partial charge in [-0.15, -0.1) is 22.7 Å². The molecule has 0 saturated carbocycles. The number of fused-ring (bicyclic) bond motifs is 2. The van der Waals surface area contributed by atoms with Crippen molar-refractivity contribution < 1.29 is 27.8 Å². The van der Waals surface area contributed by atoms with Crippen molar-refractivity contribution in [3.63, 3.8) is 0 Å². The van der Waals surface area contributed by atoms with Gasteiger partial charge in [0.2, 0.25) is 0 Å². The number of aromatic nitrogens is 8. The molecule has 8 rings (SSSR count). The van der Waals surface area contributed by atoms with Crippen molar-refractivity contribution >= 4 is 60.3 Å². The molecule has 2 atom stereocenters. The lowest BCUT2D eigenvalue weighted by Gasteiger charge is -2.26. The number of thiazole rings is 2. The van der Waals surface area contributed by atoms with Crippen LogP contribution >= 0.6 is 34.9 Å². The highest BCUT2D eigenvalue weighted by molar-refractivity contribution is 7.80. The van der Waals surface area contributed by atoms with Crippen LogP contribution in [0.3, 0.4) is 0 Å². The van der Waals surface area contributed by atoms with Crippen molar-refractivity contribution in [1.29, 1.82) is 5.26 Å². The molecular formula is C36H24F4N10O2S3. The van der Waals surface area contributed by atoms with Crippen molar-refractivity contribution in [1.82, 2.24) is 39.5 Å². The fourth-order valence-electron chi connectivity index (χ4n) is 5.71. The molecular weight excluding hydrogens is 777 g/mol. The number of hydrogen-bond acceptors (Lipinski definition) is 12. The molecule has 19 heteroatoms. The zero-order valence-corrected chi connectivity index (χ0v) is 30.3. The molecule has 0 saturated heterocycles. The second kappa shape index (κ2) is 15.0. The summed E-state index contributed by atoms with van der Waals surface area (Å²) in [7, 11) is 0. The Morgan fingerprint density at radius 2 is 1.22 bits per heavy atom. The average molecular weight is 801 g/mol. The SMILES string of the molecule is N#Cc1ccc2nc(C(O)(Cn3cncn3)c3ccc(F)cc3F)sc2c1.NC(=S)c1ccc2nc(C(O)(Cn3cncn3)c3ccc(F)cc3F)sc2c1. The molecule has 0 bridgehead atoms. The maximum Gasteiger partial charge on any atom is 0.163 e. The molecule has 8 aromatic rings. The van der Waals surface area contributed by atoms with Crippen molar-refractivity contribution in [3.8, 4) is 6.07 Å². The molecule has 4 heterocycles. The lowest BCUT2D eigenvalue weighted by atomic mass is 9.93. The number of aliphatic hydroxyl groups is 2. The minimum absolute atomic E-state index is 0.113. The fraction of sp³-hybridized carbons (Fsp3) is 0.111. The van der Waals surface area contributed by atoms with E-state index in [9.17, 15) is 27.8 Å². The summed E-state index contributed by atoms with van der Waals surface area (Å²) < 4.78 is 60.0. The molecule has 0 fully saturated rings. The first-order valence-electron chi connectivity index (χ1n) is 15.9. The molecule has 4 aromatic carbocycles. The van der Waals surface area contributed by atoms with E-state index in [1.165, 1.54) is 58.1 Å². The van der Waals surface area contributed by atoms with Gasteiger partial charge >= 0.3 is 0 Å². The highest BCUT2D eigenvalue weighted by Crippen LogP contribution is 2.39. The van der Waals surface area contributed by atoms with Gasteiger partial charge in [-0.25, -0.2) is 46.9 Å². The molecule has 276 valence electrons. The van der Waals surface area contributed by atoms with Gasteiger partial charge in [0.1, 0.15) is 63.6 Å². The molecule has 55 heavy (non-hydrogen) atoms. The third kappa shape index (κ3) is 7.53. The van der Waals surface area contributed by atoms with Gasteiger partial charge in [0, 0.05) is 28.8 Å². The van der Waals surface area contributed by atoms with Crippen LogP contribution in [-0.2, 0) is 24.3 Å². The number of thiocarbonyl (C=S) groups is 1. The topological polar surface area (TPSA) is 177 Å². The summed E-state index contributed by atoms with van der Waals surface area (Å²) in [6, 6.07) is 18.2. The van der Waals surface area contributed by atoms with Gasteiger partial charge in [-0.2, -0.15) is 15.5 Å². The predicted octanol–water partition coefficient (Wildman–Crippen LogP) is 5.71. The van der Waals surface area contributed by atoms with E-state index < -0.39 is 34.5 Å². The number of nitrogens with two attached hydrogens (primary N) is 1. The Morgan fingerprint density at radius 3 is 1.65 bits per heavy atom. The minimum atomic E-state index is -1.90. The Hall–Kier alpha value is -6.04. The van der Waals surface area contributed by atoms with Crippen molar-refractivity contribution in [3.05, 3.63) is 154 Å². The third-order valence-corrected chi connectivity index (χ3v) is 10.9. The first-order valence-corrected chi connectivity index (χ1v) is 17.9. The molecule has 0 aliphatic rings. The van der Waals surface area contributed by atoms with Crippen LogP contribution in [0.2, 0.25) is 0 Å². The summed E-state index contributed by atoms with van der Waals surface area (Å²) in [5, 5.41) is 40.4. The first kappa shape index (κ1) is 37.3. The van der Waals surface area contributed by atoms with E-state index in [4.69, 9.17) is 23.2 Å². The Morgan fingerprint density at radius 1 is 0.727 bits per heavy atom. The van der Waals surface area contributed by atoms with E-state index in [0.29, 0.717) is 32.9 Å². The number of rotatable bonds is 9. The first-order chi connectivity index (χ1) is 26.4. The molecule has 0 amide bonds. The van der Waals surface area contributed by atoms with Crippen LogP contribution in [0.5, 0.6) is 0 Å². The largest absolute Gasteiger partial charge is 0.389 e. The van der Waals surface area contributed by atoms with Gasteiger partial charge in [0.05, 0.1) is 45.2 Å². The second-order valence-electron chi connectivity index (χ2n) is 12.0. The second-order valence-corrected chi connectivity index (χ2v) is 14.5. The Balaban J connectivity index is 0.000000169.